The van der Waals surface area contributed by atoms with E-state index in [4.69, 9.17) is 31.2 Å². The van der Waals surface area contributed by atoms with E-state index in [9.17, 15) is 9.90 Å². The van der Waals surface area contributed by atoms with Crippen LogP contribution in [0.15, 0.2) is 35.1 Å². The van der Waals surface area contributed by atoms with Gasteiger partial charge in [0.05, 0.1) is 44.6 Å². The summed E-state index contributed by atoms with van der Waals surface area (Å²) in [6.45, 7) is 0.809. The van der Waals surface area contributed by atoms with Crippen molar-refractivity contribution in [3.05, 3.63) is 62.1 Å². The first kappa shape index (κ1) is 21.4. The summed E-state index contributed by atoms with van der Waals surface area (Å²) in [5, 5.41) is 13.8. The maximum absolute atomic E-state index is 13.8. The van der Waals surface area contributed by atoms with Crippen LogP contribution in [-0.2, 0) is 6.42 Å². The van der Waals surface area contributed by atoms with Crippen LogP contribution in [0, 0.1) is 4.77 Å². The molecule has 2 aliphatic heterocycles. The average Bonchev–Trinajstić information content (AvgIpc) is 3.27. The van der Waals surface area contributed by atoms with Gasteiger partial charge < -0.3 is 33.5 Å². The molecule has 1 aromatic heterocycles. The Morgan fingerprint density at radius 2 is 2.03 bits per heavy atom. The van der Waals surface area contributed by atoms with Crippen LogP contribution in [-0.4, -0.2) is 44.2 Å². The van der Waals surface area contributed by atoms with Gasteiger partial charge in [-0.05, 0) is 41.9 Å². The Bertz CT molecular complexity index is 1370. The number of rotatable bonds is 4. The third-order valence-corrected chi connectivity index (χ3v) is 6.50. The number of fused-ring (bicyclic) bond motifs is 2. The maximum atomic E-state index is 13.8. The molecule has 2 N–H and O–H groups in total. The molecule has 2 aliphatic rings. The third kappa shape index (κ3) is 3.33. The highest BCUT2D eigenvalue weighted by molar-refractivity contribution is 7.71. The molecule has 0 fully saturated rings. The Morgan fingerprint density at radius 3 is 2.79 bits per heavy atom. The first-order valence-corrected chi connectivity index (χ1v) is 10.9. The molecule has 1 unspecified atom stereocenters. The van der Waals surface area contributed by atoms with E-state index in [0.29, 0.717) is 35.2 Å². The molecule has 0 bridgehead atoms. The minimum absolute atomic E-state index is 0.0216. The quantitative estimate of drug-likeness (QED) is 0.547. The van der Waals surface area contributed by atoms with Crippen molar-refractivity contribution in [1.82, 2.24) is 9.55 Å². The van der Waals surface area contributed by atoms with Gasteiger partial charge in [-0.1, -0.05) is 6.07 Å². The normalized spacial score (nSPS) is 18.6. The van der Waals surface area contributed by atoms with Crippen molar-refractivity contribution in [2.45, 2.75) is 12.5 Å². The fourth-order valence-electron chi connectivity index (χ4n) is 4.69. The van der Waals surface area contributed by atoms with Crippen molar-refractivity contribution in [2.24, 2.45) is 0 Å². The maximum Gasteiger partial charge on any atom is 0.260 e. The Morgan fingerprint density at radius 1 is 1.21 bits per heavy atom. The number of nitrogens with one attached hydrogen (secondary N) is 2. The summed E-state index contributed by atoms with van der Waals surface area (Å²) in [6, 6.07) is 8.30. The number of benzene rings is 2. The van der Waals surface area contributed by atoms with Crippen LogP contribution in [0.1, 0.15) is 22.7 Å². The van der Waals surface area contributed by atoms with E-state index < -0.39 is 17.5 Å². The van der Waals surface area contributed by atoms with Crippen molar-refractivity contribution in [2.75, 3.05) is 34.6 Å². The molecule has 33 heavy (non-hydrogen) atoms. The smallest absolute Gasteiger partial charge is 0.260 e. The van der Waals surface area contributed by atoms with Crippen molar-refractivity contribution >= 4 is 12.2 Å². The van der Waals surface area contributed by atoms with Crippen LogP contribution >= 0.6 is 12.2 Å². The second-order valence-corrected chi connectivity index (χ2v) is 8.40. The highest BCUT2D eigenvalue weighted by Gasteiger charge is 2.39. The molecule has 0 spiro atoms. The summed E-state index contributed by atoms with van der Waals surface area (Å²) in [5.74, 6) is 1.67. The second kappa shape index (κ2) is 8.13. The molecule has 0 saturated carbocycles. The van der Waals surface area contributed by atoms with Gasteiger partial charge in [0, 0.05) is 12.5 Å². The number of methoxy groups -OCH3 is 2. The molecule has 0 aliphatic carbocycles. The van der Waals surface area contributed by atoms with Crippen LogP contribution in [0.5, 0.6) is 28.9 Å². The lowest BCUT2D eigenvalue weighted by Gasteiger charge is -2.35. The Labute approximate surface area is 194 Å². The number of nitrogens with zero attached hydrogens (tertiary/aromatic N) is 1. The van der Waals surface area contributed by atoms with Gasteiger partial charge in [-0.3, -0.25) is 9.78 Å². The summed E-state index contributed by atoms with van der Waals surface area (Å²) in [6.07, 6.45) is 0.742. The molecule has 0 radical (unpaired) electrons. The predicted molar refractivity (Wildman–Crippen MR) is 120 cm³/mol. The van der Waals surface area contributed by atoms with Crippen molar-refractivity contribution in [1.29, 1.82) is 0 Å². The highest BCUT2D eigenvalue weighted by atomic mass is 32.1. The summed E-state index contributed by atoms with van der Waals surface area (Å²) < 4.78 is 23.6. The van der Waals surface area contributed by atoms with Crippen molar-refractivity contribution in [3.8, 4) is 34.6 Å². The summed E-state index contributed by atoms with van der Waals surface area (Å²) >= 11 is 5.37. The third-order valence-electron chi connectivity index (χ3n) is 6.22. The van der Waals surface area contributed by atoms with E-state index in [1.54, 1.807) is 38.5 Å². The number of H-pyrrole nitrogens is 1. The van der Waals surface area contributed by atoms with Crippen molar-refractivity contribution in [3.63, 3.8) is 0 Å². The average molecular weight is 470 g/mol. The molecule has 5 rings (SSSR count). The molecule has 10 heteroatoms. The van der Waals surface area contributed by atoms with Gasteiger partial charge in [0.25, 0.3) is 5.56 Å². The largest absolute Gasteiger partial charge is 0.859 e. The molecular formula is C23H23N3O6S. The molecule has 0 saturated heterocycles. The van der Waals surface area contributed by atoms with Crippen LogP contribution in [0.2, 0.25) is 0 Å². The van der Waals surface area contributed by atoms with Crippen LogP contribution in [0.4, 0.5) is 0 Å². The van der Waals surface area contributed by atoms with Gasteiger partial charge in [0.2, 0.25) is 12.5 Å². The molecule has 2 atom stereocenters. The van der Waals surface area contributed by atoms with Gasteiger partial charge in [-0.25, -0.2) is 0 Å². The first-order chi connectivity index (χ1) is 15.9. The number of likely N-dealkylation sites (N-methyl/N-ethyl adjacent to an activating group) is 1. The van der Waals surface area contributed by atoms with Gasteiger partial charge in [0.15, 0.2) is 16.3 Å². The summed E-state index contributed by atoms with van der Waals surface area (Å²) in [7, 11) is 5.04. The fourth-order valence-corrected chi connectivity index (χ4v) is 4.97. The van der Waals surface area contributed by atoms with E-state index in [1.807, 2.05) is 13.1 Å². The van der Waals surface area contributed by atoms with Crippen LogP contribution < -0.4 is 34.5 Å². The van der Waals surface area contributed by atoms with Gasteiger partial charge in [0.1, 0.15) is 11.8 Å². The minimum atomic E-state index is -0.582. The van der Waals surface area contributed by atoms with E-state index >= 15 is 0 Å². The molecule has 3 heterocycles. The van der Waals surface area contributed by atoms with Crippen molar-refractivity contribution < 1.29 is 29.0 Å². The molecule has 3 aromatic rings. The zero-order chi connectivity index (χ0) is 23.3. The monoisotopic (exact) mass is 469 g/mol. The summed E-state index contributed by atoms with van der Waals surface area (Å²) in [4.78, 5) is 16.9. The standard InChI is InChI=1S/C23H23N3O6S/c1-25-8-7-12-9-15-19(32-11-31-15)20(30-3)16(12)18(25)17-21(27)24-23(33)26(22(17)28)13-5-4-6-14(10-13)29-2/h4-6,9-10,18,28H,7-8,11H2,1-3H3,(H,24,27,33)/t18-/m0/s1. The lowest BCUT2D eigenvalue weighted by atomic mass is 9.87. The van der Waals surface area contributed by atoms with Crippen LogP contribution in [0.25, 0.3) is 5.69 Å². The molecule has 2 aromatic carbocycles. The lowest BCUT2D eigenvalue weighted by molar-refractivity contribution is -0.908. The molecular weight excluding hydrogens is 446 g/mol. The Kier molecular flexibility index (Phi) is 5.26. The van der Waals surface area contributed by atoms with Gasteiger partial charge in [-0.15, -0.1) is 0 Å². The van der Waals surface area contributed by atoms with Gasteiger partial charge in [-0.2, -0.15) is 0 Å². The van der Waals surface area contributed by atoms with E-state index in [-0.39, 0.29) is 17.1 Å². The zero-order valence-corrected chi connectivity index (χ0v) is 19.2. The van der Waals surface area contributed by atoms with Crippen LogP contribution in [0.3, 0.4) is 0 Å². The van der Waals surface area contributed by atoms with Gasteiger partial charge >= 0.3 is 0 Å². The van der Waals surface area contributed by atoms with E-state index in [2.05, 4.69) is 4.98 Å². The number of hydrogen-bond acceptors (Lipinski definition) is 7. The number of hydrogen-bond donors (Lipinski definition) is 2. The number of aromatic nitrogens is 2. The molecule has 172 valence electrons. The summed E-state index contributed by atoms with van der Waals surface area (Å²) in [5.41, 5.74) is 1.79. The number of quaternary nitrogens is 1. The van der Waals surface area contributed by atoms with E-state index in [0.717, 1.165) is 22.4 Å². The first-order valence-electron chi connectivity index (χ1n) is 10.5. The SMILES string of the molecule is COc1cccc(-n2c([O-])c([C@@H]3c4c(cc5c(c4OC)OCO5)CC[NH+]3C)c(=O)[nH]c2=S)c1. The zero-order valence-electron chi connectivity index (χ0n) is 18.4. The minimum Gasteiger partial charge on any atom is -0.859 e. The molecule has 0 amide bonds. The molecule has 9 nitrogen and oxygen atoms in total. The Balaban J connectivity index is 1.78. The predicted octanol–water partition coefficient (Wildman–Crippen LogP) is 0.875. The Hall–Kier alpha value is -3.50. The second-order valence-electron chi connectivity index (χ2n) is 8.01. The number of ether oxygens (including phenoxy) is 4. The topological polar surface area (TPSA) is 102 Å². The lowest BCUT2D eigenvalue weighted by Crippen LogP contribution is -3.10. The number of aromatic amines is 1. The van der Waals surface area contributed by atoms with E-state index in [1.165, 1.54) is 4.57 Å². The highest BCUT2D eigenvalue weighted by Crippen LogP contribution is 2.48. The fraction of sp³-hybridized carbons (Fsp3) is 0.304.